The lowest BCUT2D eigenvalue weighted by Crippen LogP contribution is -2.66. The zero-order valence-corrected chi connectivity index (χ0v) is 11.0. The number of piperidine rings is 1. The molecular formula is C13H26N2O. The Bertz CT molecular complexity index is 244. The first-order chi connectivity index (χ1) is 7.43. The number of aliphatic hydroxyl groups is 1. The van der Waals surface area contributed by atoms with Gasteiger partial charge in [-0.3, -0.25) is 5.43 Å². The molecular weight excluding hydrogens is 200 g/mol. The minimum absolute atomic E-state index is 0.0247. The number of rotatable bonds is 2. The van der Waals surface area contributed by atoms with Crippen LogP contribution in [0, 0.1) is 5.41 Å². The highest BCUT2D eigenvalue weighted by Crippen LogP contribution is 2.41. The van der Waals surface area contributed by atoms with Crippen molar-refractivity contribution in [2.24, 2.45) is 5.41 Å². The van der Waals surface area contributed by atoms with Crippen LogP contribution in [-0.2, 0) is 0 Å². The average molecular weight is 226 g/mol. The summed E-state index contributed by atoms with van der Waals surface area (Å²) in [5.74, 6) is 0. The molecule has 0 radical (unpaired) electrons. The highest BCUT2D eigenvalue weighted by Gasteiger charge is 2.48. The van der Waals surface area contributed by atoms with Crippen LogP contribution < -0.4 is 5.43 Å². The van der Waals surface area contributed by atoms with Crippen molar-refractivity contribution in [1.29, 1.82) is 0 Å². The first kappa shape index (κ1) is 12.3. The zero-order valence-electron chi connectivity index (χ0n) is 11.0. The summed E-state index contributed by atoms with van der Waals surface area (Å²) in [4.78, 5) is 0. The number of nitrogens with one attached hydrogen (secondary N) is 1. The minimum Gasteiger partial charge on any atom is -0.392 e. The van der Waals surface area contributed by atoms with E-state index in [9.17, 15) is 5.11 Å². The van der Waals surface area contributed by atoms with Gasteiger partial charge in [-0.2, -0.15) is 0 Å². The van der Waals surface area contributed by atoms with Crippen LogP contribution in [0.3, 0.4) is 0 Å². The smallest absolute Gasteiger partial charge is 0.0622 e. The van der Waals surface area contributed by atoms with E-state index in [1.54, 1.807) is 0 Å². The molecule has 2 aliphatic rings. The number of nitrogens with zero attached hydrogens (tertiary/aromatic N) is 1. The van der Waals surface area contributed by atoms with E-state index in [4.69, 9.17) is 0 Å². The molecule has 3 nitrogen and oxygen atoms in total. The van der Waals surface area contributed by atoms with E-state index in [1.165, 1.54) is 19.3 Å². The molecule has 1 aliphatic heterocycles. The number of hydrazine groups is 1. The van der Waals surface area contributed by atoms with Crippen molar-refractivity contribution in [3.63, 3.8) is 0 Å². The van der Waals surface area contributed by atoms with Crippen LogP contribution in [0.4, 0.5) is 0 Å². The van der Waals surface area contributed by atoms with Crippen molar-refractivity contribution in [3.05, 3.63) is 0 Å². The van der Waals surface area contributed by atoms with E-state index in [0.29, 0.717) is 18.1 Å². The Morgan fingerprint density at radius 1 is 1.19 bits per heavy atom. The van der Waals surface area contributed by atoms with Crippen molar-refractivity contribution < 1.29 is 5.11 Å². The maximum absolute atomic E-state index is 9.75. The quantitative estimate of drug-likeness (QED) is 0.755. The Labute approximate surface area is 99.2 Å². The Balaban J connectivity index is 1.94. The predicted octanol–water partition coefficient (Wildman–Crippen LogP) is 1.91. The fourth-order valence-corrected chi connectivity index (χ4v) is 2.98. The van der Waals surface area contributed by atoms with Gasteiger partial charge in [-0.15, -0.1) is 0 Å². The van der Waals surface area contributed by atoms with Crippen molar-refractivity contribution in [2.75, 3.05) is 0 Å². The normalized spacial score (nSPS) is 44.1. The SMILES string of the molecule is CC1CCCC(C)N1NC1CC(O)C1(C)C. The lowest BCUT2D eigenvalue weighted by atomic mass is 9.65. The predicted molar refractivity (Wildman–Crippen MR) is 65.9 cm³/mol. The van der Waals surface area contributed by atoms with Gasteiger partial charge in [0.15, 0.2) is 0 Å². The molecule has 0 aromatic carbocycles. The van der Waals surface area contributed by atoms with Gasteiger partial charge in [0.2, 0.25) is 0 Å². The molecule has 3 heteroatoms. The third-order valence-corrected chi connectivity index (χ3v) is 4.71. The Kier molecular flexibility index (Phi) is 3.30. The summed E-state index contributed by atoms with van der Waals surface area (Å²) in [6, 6.07) is 1.68. The van der Waals surface area contributed by atoms with E-state index < -0.39 is 0 Å². The van der Waals surface area contributed by atoms with Crippen LogP contribution in [0.15, 0.2) is 0 Å². The van der Waals surface area contributed by atoms with Gasteiger partial charge >= 0.3 is 0 Å². The van der Waals surface area contributed by atoms with Crippen LogP contribution in [-0.4, -0.2) is 34.3 Å². The highest BCUT2D eigenvalue weighted by atomic mass is 16.3. The third-order valence-electron chi connectivity index (χ3n) is 4.71. The number of hydrogen-bond donors (Lipinski definition) is 2. The molecule has 1 saturated carbocycles. The number of aliphatic hydroxyl groups excluding tert-OH is 1. The Hall–Kier alpha value is -0.120. The standard InChI is InChI=1S/C13H26N2O/c1-9-6-5-7-10(2)15(9)14-11-8-12(16)13(11,3)4/h9-12,14,16H,5-8H2,1-4H3. The molecule has 16 heavy (non-hydrogen) atoms. The van der Waals surface area contributed by atoms with Crippen molar-refractivity contribution in [3.8, 4) is 0 Å². The van der Waals surface area contributed by atoms with Crippen LogP contribution in [0.1, 0.15) is 53.4 Å². The monoisotopic (exact) mass is 226 g/mol. The lowest BCUT2D eigenvalue weighted by Gasteiger charge is -2.53. The van der Waals surface area contributed by atoms with Gasteiger partial charge < -0.3 is 5.11 Å². The van der Waals surface area contributed by atoms with Gasteiger partial charge in [0.1, 0.15) is 0 Å². The lowest BCUT2D eigenvalue weighted by molar-refractivity contribution is -0.113. The van der Waals surface area contributed by atoms with E-state index in [1.807, 2.05) is 0 Å². The molecule has 0 spiro atoms. The molecule has 0 amide bonds. The van der Waals surface area contributed by atoms with Gasteiger partial charge in [0, 0.05) is 23.5 Å². The molecule has 0 aromatic heterocycles. The molecule has 2 fully saturated rings. The van der Waals surface area contributed by atoms with Gasteiger partial charge in [-0.1, -0.05) is 20.3 Å². The molecule has 1 aliphatic carbocycles. The first-order valence-corrected chi connectivity index (χ1v) is 6.65. The zero-order chi connectivity index (χ0) is 11.9. The summed E-state index contributed by atoms with van der Waals surface area (Å²) in [5.41, 5.74) is 3.67. The van der Waals surface area contributed by atoms with Gasteiger partial charge in [-0.05, 0) is 33.1 Å². The van der Waals surface area contributed by atoms with Crippen molar-refractivity contribution >= 4 is 0 Å². The van der Waals surface area contributed by atoms with Crippen molar-refractivity contribution in [2.45, 2.75) is 77.6 Å². The Morgan fingerprint density at radius 2 is 1.75 bits per heavy atom. The molecule has 94 valence electrons. The maximum Gasteiger partial charge on any atom is 0.0622 e. The summed E-state index contributed by atoms with van der Waals surface area (Å²) < 4.78 is 0. The largest absolute Gasteiger partial charge is 0.392 e. The number of hydrogen-bond acceptors (Lipinski definition) is 3. The fraction of sp³-hybridized carbons (Fsp3) is 1.00. The summed E-state index contributed by atoms with van der Waals surface area (Å²) >= 11 is 0. The van der Waals surface area contributed by atoms with Crippen LogP contribution in [0.5, 0.6) is 0 Å². The summed E-state index contributed by atoms with van der Waals surface area (Å²) in [5, 5.41) is 12.2. The molecule has 1 heterocycles. The molecule has 4 atom stereocenters. The summed E-state index contributed by atoms with van der Waals surface area (Å²) in [6.07, 6.45) is 4.67. The third kappa shape index (κ3) is 2.01. The molecule has 0 aromatic rings. The average Bonchev–Trinajstić information content (AvgIpc) is 2.22. The topological polar surface area (TPSA) is 35.5 Å². The van der Waals surface area contributed by atoms with Crippen LogP contribution in [0.25, 0.3) is 0 Å². The first-order valence-electron chi connectivity index (χ1n) is 6.65. The fourth-order valence-electron chi connectivity index (χ4n) is 2.98. The second kappa shape index (κ2) is 4.28. The molecule has 4 unspecified atom stereocenters. The summed E-state index contributed by atoms with van der Waals surface area (Å²) in [6.45, 7) is 8.89. The summed E-state index contributed by atoms with van der Waals surface area (Å²) in [7, 11) is 0. The highest BCUT2D eigenvalue weighted by molar-refractivity contribution is 5.01. The van der Waals surface area contributed by atoms with Crippen LogP contribution >= 0.6 is 0 Å². The molecule has 2 rings (SSSR count). The van der Waals surface area contributed by atoms with Gasteiger partial charge in [0.25, 0.3) is 0 Å². The molecule has 1 saturated heterocycles. The second-order valence-electron chi connectivity index (χ2n) is 6.29. The van der Waals surface area contributed by atoms with Crippen molar-refractivity contribution in [1.82, 2.24) is 10.4 Å². The van der Waals surface area contributed by atoms with Gasteiger partial charge in [0.05, 0.1) is 6.10 Å². The molecule has 2 N–H and O–H groups in total. The maximum atomic E-state index is 9.75. The van der Waals surface area contributed by atoms with Crippen LogP contribution in [0.2, 0.25) is 0 Å². The van der Waals surface area contributed by atoms with E-state index >= 15 is 0 Å². The van der Waals surface area contributed by atoms with E-state index in [-0.39, 0.29) is 11.5 Å². The second-order valence-corrected chi connectivity index (χ2v) is 6.29. The Morgan fingerprint density at radius 3 is 2.19 bits per heavy atom. The van der Waals surface area contributed by atoms with E-state index in [0.717, 1.165) is 6.42 Å². The minimum atomic E-state index is -0.139. The molecule has 0 bridgehead atoms. The van der Waals surface area contributed by atoms with E-state index in [2.05, 4.69) is 38.1 Å². The van der Waals surface area contributed by atoms with Gasteiger partial charge in [-0.25, -0.2) is 5.01 Å².